The molecular weight excluding hydrogens is 212 g/mol. The second kappa shape index (κ2) is 4.39. The van der Waals surface area contributed by atoms with Crippen molar-refractivity contribution in [3.63, 3.8) is 0 Å². The summed E-state index contributed by atoms with van der Waals surface area (Å²) in [4.78, 5) is 0. The third kappa shape index (κ3) is 3.74. The van der Waals surface area contributed by atoms with E-state index in [9.17, 15) is 8.42 Å². The normalized spacial score (nSPS) is 33.9. The summed E-state index contributed by atoms with van der Waals surface area (Å²) in [6.45, 7) is 6.81. The fourth-order valence-corrected chi connectivity index (χ4v) is 3.87. The molecule has 0 aliphatic carbocycles. The Kier molecular flexibility index (Phi) is 3.79. The van der Waals surface area contributed by atoms with E-state index >= 15 is 0 Å². The van der Waals surface area contributed by atoms with Gasteiger partial charge in [-0.25, -0.2) is 8.42 Å². The zero-order chi connectivity index (χ0) is 11.7. The van der Waals surface area contributed by atoms with Crippen molar-refractivity contribution in [3.8, 4) is 0 Å². The molecule has 4 nitrogen and oxygen atoms in total. The maximum Gasteiger partial charge on any atom is 0.152 e. The van der Waals surface area contributed by atoms with Crippen molar-refractivity contribution >= 4 is 9.84 Å². The summed E-state index contributed by atoms with van der Waals surface area (Å²) < 4.78 is 22.7. The van der Waals surface area contributed by atoms with Gasteiger partial charge < -0.3 is 11.1 Å². The van der Waals surface area contributed by atoms with E-state index in [-0.39, 0.29) is 17.3 Å². The van der Waals surface area contributed by atoms with Crippen molar-refractivity contribution < 1.29 is 8.42 Å². The summed E-state index contributed by atoms with van der Waals surface area (Å²) >= 11 is 0. The van der Waals surface area contributed by atoms with E-state index in [4.69, 9.17) is 5.73 Å². The van der Waals surface area contributed by atoms with E-state index in [1.54, 1.807) is 0 Å². The van der Waals surface area contributed by atoms with Gasteiger partial charge in [-0.1, -0.05) is 6.92 Å². The highest BCUT2D eigenvalue weighted by Crippen LogP contribution is 2.22. The van der Waals surface area contributed by atoms with Crippen LogP contribution in [0.1, 0.15) is 27.2 Å². The van der Waals surface area contributed by atoms with Gasteiger partial charge in [-0.05, 0) is 32.7 Å². The van der Waals surface area contributed by atoms with E-state index in [0.717, 1.165) is 6.54 Å². The summed E-state index contributed by atoms with van der Waals surface area (Å²) in [5, 5.41) is 3.34. The van der Waals surface area contributed by atoms with Crippen LogP contribution in [0, 0.1) is 5.92 Å². The van der Waals surface area contributed by atoms with Crippen LogP contribution in [0.15, 0.2) is 0 Å². The van der Waals surface area contributed by atoms with E-state index in [2.05, 4.69) is 12.2 Å². The van der Waals surface area contributed by atoms with Crippen LogP contribution in [-0.2, 0) is 9.84 Å². The molecule has 1 aliphatic heterocycles. The molecule has 1 heterocycles. The largest absolute Gasteiger partial charge is 0.328 e. The molecule has 1 aliphatic rings. The molecule has 1 rings (SSSR count). The highest BCUT2D eigenvalue weighted by atomic mass is 32.2. The lowest BCUT2D eigenvalue weighted by Gasteiger charge is -2.27. The van der Waals surface area contributed by atoms with Crippen molar-refractivity contribution in [1.82, 2.24) is 5.32 Å². The quantitative estimate of drug-likeness (QED) is 0.725. The number of nitrogens with two attached hydrogens (primary N) is 1. The van der Waals surface area contributed by atoms with Gasteiger partial charge in [0.15, 0.2) is 9.84 Å². The van der Waals surface area contributed by atoms with Crippen LogP contribution in [0.5, 0.6) is 0 Å². The zero-order valence-electron chi connectivity index (χ0n) is 9.79. The molecule has 0 saturated carbocycles. The third-order valence-corrected chi connectivity index (χ3v) is 5.15. The molecule has 90 valence electrons. The van der Waals surface area contributed by atoms with Crippen LogP contribution >= 0.6 is 0 Å². The van der Waals surface area contributed by atoms with Crippen LogP contribution < -0.4 is 11.1 Å². The molecule has 0 aromatic carbocycles. The topological polar surface area (TPSA) is 72.2 Å². The monoisotopic (exact) mass is 234 g/mol. The number of hydrogen-bond acceptors (Lipinski definition) is 4. The molecule has 0 amide bonds. The first-order valence-corrected chi connectivity index (χ1v) is 7.27. The van der Waals surface area contributed by atoms with Crippen molar-refractivity contribution in [2.75, 3.05) is 18.1 Å². The van der Waals surface area contributed by atoms with Crippen molar-refractivity contribution in [3.05, 3.63) is 0 Å². The summed E-state index contributed by atoms with van der Waals surface area (Å²) in [7, 11) is -2.82. The standard InChI is InChI=1S/C10H22N2O2S/c1-8(9(2)11)6-12-10(3)4-5-15(13,14)7-10/h8-9,12H,4-7,11H2,1-3H3. The Balaban J connectivity index is 2.46. The maximum absolute atomic E-state index is 11.4. The Morgan fingerprint density at radius 1 is 1.47 bits per heavy atom. The van der Waals surface area contributed by atoms with Crippen LogP contribution in [-0.4, -0.2) is 38.0 Å². The molecule has 0 spiro atoms. The zero-order valence-corrected chi connectivity index (χ0v) is 10.6. The first-order chi connectivity index (χ1) is 6.74. The molecular formula is C10H22N2O2S. The van der Waals surface area contributed by atoms with Crippen LogP contribution in [0.4, 0.5) is 0 Å². The van der Waals surface area contributed by atoms with E-state index in [1.807, 2.05) is 13.8 Å². The van der Waals surface area contributed by atoms with Crippen LogP contribution in [0.2, 0.25) is 0 Å². The van der Waals surface area contributed by atoms with Gasteiger partial charge in [-0.15, -0.1) is 0 Å². The van der Waals surface area contributed by atoms with Gasteiger partial charge in [0.1, 0.15) is 0 Å². The molecule has 5 heteroatoms. The van der Waals surface area contributed by atoms with Gasteiger partial charge in [-0.2, -0.15) is 0 Å². The van der Waals surface area contributed by atoms with Crippen LogP contribution in [0.25, 0.3) is 0 Å². The second-order valence-electron chi connectivity index (χ2n) is 5.12. The molecule has 3 N–H and O–H groups in total. The van der Waals surface area contributed by atoms with E-state index in [0.29, 0.717) is 18.1 Å². The third-order valence-electron chi connectivity index (χ3n) is 3.25. The van der Waals surface area contributed by atoms with Crippen LogP contribution in [0.3, 0.4) is 0 Å². The number of hydrogen-bond donors (Lipinski definition) is 2. The van der Waals surface area contributed by atoms with Gasteiger partial charge in [0, 0.05) is 11.6 Å². The molecule has 1 saturated heterocycles. The first kappa shape index (κ1) is 12.9. The van der Waals surface area contributed by atoms with E-state index in [1.165, 1.54) is 0 Å². The minimum atomic E-state index is -2.82. The van der Waals surface area contributed by atoms with Crippen molar-refractivity contribution in [1.29, 1.82) is 0 Å². The summed E-state index contributed by atoms with van der Waals surface area (Å²) in [5.74, 6) is 0.930. The maximum atomic E-state index is 11.4. The molecule has 1 fully saturated rings. The molecule has 3 unspecified atom stereocenters. The lowest BCUT2D eigenvalue weighted by molar-refractivity contribution is 0.343. The lowest BCUT2D eigenvalue weighted by Crippen LogP contribution is -2.47. The van der Waals surface area contributed by atoms with Gasteiger partial charge in [0.25, 0.3) is 0 Å². The SMILES string of the molecule is CC(N)C(C)CNC1(C)CCS(=O)(=O)C1. The van der Waals surface area contributed by atoms with Crippen molar-refractivity contribution in [2.24, 2.45) is 11.7 Å². The highest BCUT2D eigenvalue weighted by molar-refractivity contribution is 7.91. The summed E-state index contributed by atoms with van der Waals surface area (Å²) in [6, 6.07) is 0.138. The van der Waals surface area contributed by atoms with Gasteiger partial charge in [0.2, 0.25) is 0 Å². The fourth-order valence-electron chi connectivity index (χ4n) is 1.74. The minimum Gasteiger partial charge on any atom is -0.328 e. The molecule has 3 atom stereocenters. The summed E-state index contributed by atoms with van der Waals surface area (Å²) in [5.41, 5.74) is 5.51. The van der Waals surface area contributed by atoms with Gasteiger partial charge >= 0.3 is 0 Å². The molecule has 0 radical (unpaired) electrons. The average Bonchev–Trinajstić information content (AvgIpc) is 2.37. The predicted octanol–water partition coefficient (Wildman–Crippen LogP) is 0.137. The Morgan fingerprint density at radius 2 is 2.07 bits per heavy atom. The van der Waals surface area contributed by atoms with Crippen molar-refractivity contribution in [2.45, 2.75) is 38.8 Å². The van der Waals surface area contributed by atoms with E-state index < -0.39 is 9.84 Å². The lowest BCUT2D eigenvalue weighted by atomic mass is 9.99. The Morgan fingerprint density at radius 3 is 2.47 bits per heavy atom. The smallest absolute Gasteiger partial charge is 0.152 e. The Labute approximate surface area is 92.5 Å². The van der Waals surface area contributed by atoms with Gasteiger partial charge in [0.05, 0.1) is 11.5 Å². The highest BCUT2D eigenvalue weighted by Gasteiger charge is 2.37. The molecule has 0 aromatic rings. The van der Waals surface area contributed by atoms with Gasteiger partial charge in [-0.3, -0.25) is 0 Å². The predicted molar refractivity (Wildman–Crippen MR) is 62.5 cm³/mol. The summed E-state index contributed by atoms with van der Waals surface area (Å²) in [6.07, 6.45) is 0.709. The number of rotatable bonds is 4. The number of nitrogens with one attached hydrogen (secondary N) is 1. The Bertz CT molecular complexity index is 313. The molecule has 0 aromatic heterocycles. The molecule has 15 heavy (non-hydrogen) atoms. The Hall–Kier alpha value is -0.130. The first-order valence-electron chi connectivity index (χ1n) is 5.45. The second-order valence-corrected chi connectivity index (χ2v) is 7.30. The molecule has 0 bridgehead atoms. The minimum absolute atomic E-state index is 0.138. The fraction of sp³-hybridized carbons (Fsp3) is 1.00. The average molecular weight is 234 g/mol. The number of sulfone groups is 1.